The molecule has 1 fully saturated rings. The quantitative estimate of drug-likeness (QED) is 0.545. The third kappa shape index (κ3) is 4.08. The lowest BCUT2D eigenvalue weighted by atomic mass is 10.2. The van der Waals surface area contributed by atoms with E-state index in [1.54, 1.807) is 0 Å². The van der Waals surface area contributed by atoms with Crippen LogP contribution in [-0.4, -0.2) is 40.9 Å². The predicted molar refractivity (Wildman–Crippen MR) is 59.4 cm³/mol. The van der Waals surface area contributed by atoms with Gasteiger partial charge in [0.2, 0.25) is 6.33 Å². The summed E-state index contributed by atoms with van der Waals surface area (Å²) in [5.41, 5.74) is 0. The van der Waals surface area contributed by atoms with Crippen molar-refractivity contribution in [1.82, 2.24) is 9.88 Å². The first-order valence-electron chi connectivity index (χ1n) is 5.74. The molecule has 1 aliphatic rings. The second-order valence-electron chi connectivity index (χ2n) is 4.34. The number of nitrogens with zero attached hydrogens (tertiary/aromatic N) is 2. The summed E-state index contributed by atoms with van der Waals surface area (Å²) in [6.07, 6.45) is 6.50. The highest BCUT2D eigenvalue weighted by atomic mass is 79.9. The van der Waals surface area contributed by atoms with Crippen molar-refractivity contribution in [2.75, 3.05) is 13.2 Å². The van der Waals surface area contributed by atoms with Gasteiger partial charge in [-0.2, -0.15) is 0 Å². The summed E-state index contributed by atoms with van der Waals surface area (Å²) in [6, 6.07) is -0.454. The van der Waals surface area contributed by atoms with Crippen LogP contribution in [0.3, 0.4) is 0 Å². The average molecular weight is 320 g/mol. The normalized spacial score (nSPS) is 22.7. The molecule has 0 aliphatic carbocycles. The number of aromatic nitrogens is 2. The maximum Gasteiger partial charge on any atom is 0.320 e. The number of hydrogen-bond donors (Lipinski definition) is 2. The van der Waals surface area contributed by atoms with E-state index in [1.807, 2.05) is 34.9 Å². The molecule has 2 N–H and O–H groups in total. The van der Waals surface area contributed by atoms with Gasteiger partial charge in [0.25, 0.3) is 0 Å². The Hall–Kier alpha value is -0.920. The van der Waals surface area contributed by atoms with Crippen molar-refractivity contribution < 1.29 is 36.2 Å². The highest BCUT2D eigenvalue weighted by Gasteiger charge is 2.29. The van der Waals surface area contributed by atoms with Crippen LogP contribution in [0, 0.1) is 0 Å². The molecule has 0 radical (unpaired) electrons. The van der Waals surface area contributed by atoms with Crippen LogP contribution in [0.5, 0.6) is 0 Å². The van der Waals surface area contributed by atoms with Crippen LogP contribution in [-0.2, 0) is 23.1 Å². The van der Waals surface area contributed by atoms with Crippen molar-refractivity contribution in [3.05, 3.63) is 18.7 Å². The number of ether oxygens (including phenoxy) is 1. The lowest BCUT2D eigenvalue weighted by molar-refractivity contribution is -0.671. The van der Waals surface area contributed by atoms with Gasteiger partial charge in [0.1, 0.15) is 25.0 Å². The van der Waals surface area contributed by atoms with Gasteiger partial charge < -0.3 is 32.1 Å². The van der Waals surface area contributed by atoms with E-state index in [1.165, 1.54) is 0 Å². The van der Waals surface area contributed by atoms with Crippen LogP contribution in [0.15, 0.2) is 18.7 Å². The molecule has 2 atom stereocenters. The first-order valence-corrected chi connectivity index (χ1v) is 5.74. The summed E-state index contributed by atoms with van der Waals surface area (Å²) < 4.78 is 9.65. The van der Waals surface area contributed by atoms with Crippen molar-refractivity contribution in [3.8, 4) is 0 Å². The smallest absolute Gasteiger partial charge is 0.320 e. The molecule has 1 saturated heterocycles. The molecule has 6 nitrogen and oxygen atoms in total. The number of aryl methyl sites for hydroxylation is 1. The van der Waals surface area contributed by atoms with Gasteiger partial charge in [-0.05, 0) is 0 Å². The summed E-state index contributed by atoms with van der Waals surface area (Å²) in [6.45, 7) is 2.01. The molecule has 0 bridgehead atoms. The molecule has 2 heterocycles. The average Bonchev–Trinajstić information content (AvgIpc) is 2.88. The zero-order chi connectivity index (χ0) is 12.3. The summed E-state index contributed by atoms with van der Waals surface area (Å²) in [7, 11) is 1.97. The van der Waals surface area contributed by atoms with Crippen LogP contribution in [0.1, 0.15) is 6.42 Å². The Morgan fingerprint density at radius 2 is 2.44 bits per heavy atom. The SMILES string of the molecule is C[n+]1ccn(CCO[C@H]2CN[C@H](C(=O)O)C2)c1.[Br-]. The highest BCUT2D eigenvalue weighted by Crippen LogP contribution is 2.10. The number of rotatable bonds is 5. The Bertz CT molecular complexity index is 397. The monoisotopic (exact) mass is 319 g/mol. The van der Waals surface area contributed by atoms with Crippen molar-refractivity contribution in [2.45, 2.75) is 25.1 Å². The standard InChI is InChI=1S/C11H17N3O3.BrH/c1-13-2-3-14(8-13)4-5-17-9-6-10(11(15)16)12-7-9;/h2-3,8-10,12H,4-7H2,1H3;1H/t9-,10+;/m1./s1. The zero-order valence-corrected chi connectivity index (χ0v) is 11.8. The molecule has 18 heavy (non-hydrogen) atoms. The first-order chi connectivity index (χ1) is 8.15. The van der Waals surface area contributed by atoms with Gasteiger partial charge in [-0.15, -0.1) is 0 Å². The molecule has 0 unspecified atom stereocenters. The third-order valence-electron chi connectivity index (χ3n) is 2.92. The van der Waals surface area contributed by atoms with Crippen LogP contribution in [0.2, 0.25) is 0 Å². The van der Waals surface area contributed by atoms with Crippen molar-refractivity contribution in [3.63, 3.8) is 0 Å². The van der Waals surface area contributed by atoms with Gasteiger partial charge in [-0.1, -0.05) is 0 Å². The highest BCUT2D eigenvalue weighted by molar-refractivity contribution is 5.73. The molecule has 0 amide bonds. The van der Waals surface area contributed by atoms with Gasteiger partial charge >= 0.3 is 5.97 Å². The molecule has 0 spiro atoms. The minimum Gasteiger partial charge on any atom is -1.00 e. The molecule has 1 aromatic rings. The minimum atomic E-state index is -0.798. The fourth-order valence-corrected chi connectivity index (χ4v) is 1.98. The van der Waals surface area contributed by atoms with E-state index in [2.05, 4.69) is 5.32 Å². The lowest BCUT2D eigenvalue weighted by Gasteiger charge is -2.08. The molecule has 1 aromatic heterocycles. The number of halogens is 1. The van der Waals surface area contributed by atoms with Gasteiger partial charge in [-0.3, -0.25) is 4.79 Å². The van der Waals surface area contributed by atoms with E-state index in [0.29, 0.717) is 19.6 Å². The molecule has 1 aliphatic heterocycles. The van der Waals surface area contributed by atoms with E-state index in [9.17, 15) is 4.79 Å². The summed E-state index contributed by atoms with van der Waals surface area (Å²) in [5, 5.41) is 11.7. The van der Waals surface area contributed by atoms with Crippen molar-refractivity contribution in [1.29, 1.82) is 0 Å². The van der Waals surface area contributed by atoms with E-state index in [0.717, 1.165) is 6.54 Å². The van der Waals surface area contributed by atoms with E-state index >= 15 is 0 Å². The molecule has 2 rings (SSSR count). The predicted octanol–water partition coefficient (Wildman–Crippen LogP) is -3.85. The van der Waals surface area contributed by atoms with Crippen LogP contribution in [0.4, 0.5) is 0 Å². The van der Waals surface area contributed by atoms with Gasteiger partial charge in [0.05, 0.1) is 19.8 Å². The Labute approximate surface area is 116 Å². The van der Waals surface area contributed by atoms with E-state index in [4.69, 9.17) is 9.84 Å². The summed E-state index contributed by atoms with van der Waals surface area (Å²) in [5.74, 6) is -0.798. The molecular formula is C11H18BrN3O3. The van der Waals surface area contributed by atoms with Crippen LogP contribution >= 0.6 is 0 Å². The molecule has 102 valence electrons. The fraction of sp³-hybridized carbons (Fsp3) is 0.636. The second-order valence-corrected chi connectivity index (χ2v) is 4.34. The minimum absolute atomic E-state index is 0. The Morgan fingerprint density at radius 1 is 1.67 bits per heavy atom. The third-order valence-corrected chi connectivity index (χ3v) is 2.92. The lowest BCUT2D eigenvalue weighted by Crippen LogP contribution is -3.00. The number of carbonyl (C=O) groups is 1. The zero-order valence-electron chi connectivity index (χ0n) is 10.3. The van der Waals surface area contributed by atoms with Crippen molar-refractivity contribution >= 4 is 5.97 Å². The maximum absolute atomic E-state index is 10.7. The fourth-order valence-electron chi connectivity index (χ4n) is 1.98. The second kappa shape index (κ2) is 6.86. The number of hydrogen-bond acceptors (Lipinski definition) is 3. The Kier molecular flexibility index (Phi) is 5.77. The molecule has 0 aromatic carbocycles. The maximum atomic E-state index is 10.7. The summed E-state index contributed by atoms with van der Waals surface area (Å²) >= 11 is 0. The van der Waals surface area contributed by atoms with Crippen LogP contribution in [0.25, 0.3) is 0 Å². The molecule has 0 saturated carbocycles. The number of nitrogens with one attached hydrogen (secondary N) is 1. The van der Waals surface area contributed by atoms with E-state index in [-0.39, 0.29) is 23.1 Å². The number of carboxylic acids is 1. The number of aliphatic carboxylic acids is 1. The van der Waals surface area contributed by atoms with Crippen LogP contribution < -0.4 is 26.9 Å². The molecular weight excluding hydrogens is 302 g/mol. The van der Waals surface area contributed by atoms with E-state index < -0.39 is 12.0 Å². The molecule has 7 heteroatoms. The Morgan fingerprint density at radius 3 is 3.00 bits per heavy atom. The van der Waals surface area contributed by atoms with Crippen molar-refractivity contribution in [2.24, 2.45) is 7.05 Å². The first kappa shape index (κ1) is 15.1. The number of imidazole rings is 1. The Balaban J connectivity index is 0.00000162. The number of carboxylic acid groups (broad SMARTS) is 1. The summed E-state index contributed by atoms with van der Waals surface area (Å²) in [4.78, 5) is 10.7. The largest absolute Gasteiger partial charge is 1.00 e. The van der Waals surface area contributed by atoms with Gasteiger partial charge in [-0.25, -0.2) is 9.13 Å². The topological polar surface area (TPSA) is 67.4 Å². The van der Waals surface area contributed by atoms with Gasteiger partial charge in [0, 0.05) is 13.0 Å². The van der Waals surface area contributed by atoms with Gasteiger partial charge in [0.15, 0.2) is 0 Å².